The van der Waals surface area contributed by atoms with Crippen LogP contribution in [0.2, 0.25) is 0 Å². The lowest BCUT2D eigenvalue weighted by molar-refractivity contribution is -0.997. The van der Waals surface area contributed by atoms with Crippen molar-refractivity contribution in [3.8, 4) is 67.5 Å². The summed E-state index contributed by atoms with van der Waals surface area (Å²) in [5.41, 5.74) is 19.8. The van der Waals surface area contributed by atoms with Crippen molar-refractivity contribution < 1.29 is 15.2 Å². The standard InChI is InChI=1S/C58H57N3O/c1-35(2)36-19-21-37(22-20-36)39-29-30-59-50(31-39)47-34-42(57(9,10)11)33-46-43-16-14-17-49-53(43)61-54(44-15-12-13-18-51(44)62-58(59,61)52(46)47)60(49)48-28-27-41(56(6,7)8)32-45(48)38-23-25-40(26-24-38)55(3,4)5/h12-35H,1-11H3/q+2/i35D. The highest BCUT2D eigenvalue weighted by molar-refractivity contribution is 5.98. The van der Waals surface area contributed by atoms with Crippen LogP contribution in [0, 0.1) is 0 Å². The molecule has 0 saturated carbocycles. The van der Waals surface area contributed by atoms with E-state index in [4.69, 9.17) is 6.11 Å². The normalized spacial score (nSPS) is 16.4. The minimum Gasteiger partial charge on any atom is -0.392 e. The maximum Gasteiger partial charge on any atom is 0.499 e. The van der Waals surface area contributed by atoms with Crippen molar-refractivity contribution in [2.24, 2.45) is 0 Å². The highest BCUT2D eigenvalue weighted by Crippen LogP contribution is 2.54. The van der Waals surface area contributed by atoms with Gasteiger partial charge in [0.1, 0.15) is 22.6 Å². The Balaban J connectivity index is 1.25. The van der Waals surface area contributed by atoms with Crippen LogP contribution in [0.4, 0.5) is 0 Å². The largest absolute Gasteiger partial charge is 0.499 e. The Morgan fingerprint density at radius 2 is 1.19 bits per heavy atom. The Morgan fingerprint density at radius 1 is 0.565 bits per heavy atom. The van der Waals surface area contributed by atoms with Crippen molar-refractivity contribution in [2.45, 2.75) is 104 Å². The molecule has 11 rings (SSSR count). The Kier molecular flexibility index (Phi) is 7.80. The van der Waals surface area contributed by atoms with Crippen LogP contribution >= 0.6 is 0 Å². The number of hydrogen-bond donors (Lipinski definition) is 0. The van der Waals surface area contributed by atoms with Crippen molar-refractivity contribution in [1.29, 1.82) is 0 Å². The van der Waals surface area contributed by atoms with Gasteiger partial charge in [-0.15, -0.1) is 9.13 Å². The quantitative estimate of drug-likeness (QED) is 0.162. The molecular weight excluding hydrogens is 755 g/mol. The number of benzene rings is 6. The van der Waals surface area contributed by atoms with Gasteiger partial charge in [-0.05, 0) is 110 Å². The average Bonchev–Trinajstić information content (AvgIpc) is 3.73. The Morgan fingerprint density at radius 3 is 1.89 bits per heavy atom. The molecule has 0 N–H and O–H groups in total. The minimum absolute atomic E-state index is 0.0434. The molecule has 5 heterocycles. The minimum atomic E-state index is -1.05. The smallest absolute Gasteiger partial charge is 0.392 e. The topological polar surface area (TPSA) is 21.9 Å². The van der Waals surface area contributed by atoms with Gasteiger partial charge in [-0.3, -0.25) is 0 Å². The van der Waals surface area contributed by atoms with E-state index in [9.17, 15) is 0 Å². The van der Waals surface area contributed by atoms with Crippen molar-refractivity contribution in [3.63, 3.8) is 0 Å². The van der Waals surface area contributed by atoms with Crippen LogP contribution in [0.5, 0.6) is 5.75 Å². The Hall–Kier alpha value is -6.26. The SMILES string of the molecule is [2H]C(C)(C)c1ccc(-c2cc[n+]3c(c2)-c2cc(C(C)(C)C)cc4c2C32Oc3ccccc3-c3n(-c5ccc(C(C)(C)C)cc5-c5ccc(C(C)(C)C)cc5)c5cccc-4c5[n+]32)cc1. The van der Waals surface area contributed by atoms with Crippen LogP contribution < -0.4 is 13.9 Å². The molecule has 3 aliphatic heterocycles. The number of rotatable bonds is 4. The fourth-order valence-electron chi connectivity index (χ4n) is 10.2. The van der Waals surface area contributed by atoms with Crippen LogP contribution in [0.15, 0.2) is 140 Å². The lowest BCUT2D eigenvalue weighted by Crippen LogP contribution is -2.78. The van der Waals surface area contributed by atoms with Crippen LogP contribution in [0.25, 0.3) is 72.7 Å². The van der Waals surface area contributed by atoms with E-state index in [0.29, 0.717) is 0 Å². The first-order valence-electron chi connectivity index (χ1n) is 22.8. The van der Waals surface area contributed by atoms with Gasteiger partial charge in [0.25, 0.3) is 0 Å². The highest BCUT2D eigenvalue weighted by atomic mass is 16.5. The second kappa shape index (κ2) is 12.9. The van der Waals surface area contributed by atoms with Crippen molar-refractivity contribution >= 4 is 11.0 Å². The summed E-state index contributed by atoms with van der Waals surface area (Å²) in [6.07, 6.45) is 2.25. The molecule has 0 radical (unpaired) electrons. The third-order valence-corrected chi connectivity index (χ3v) is 13.7. The van der Waals surface area contributed by atoms with Gasteiger partial charge in [-0.25, -0.2) is 0 Å². The lowest BCUT2D eigenvalue weighted by atomic mass is 9.80. The molecule has 1 unspecified atom stereocenters. The first kappa shape index (κ1) is 37.5. The summed E-state index contributed by atoms with van der Waals surface area (Å²) in [6.45, 7) is 24.6. The zero-order valence-electron chi connectivity index (χ0n) is 39.0. The maximum absolute atomic E-state index is 8.64. The third kappa shape index (κ3) is 5.44. The van der Waals surface area contributed by atoms with E-state index >= 15 is 0 Å². The van der Waals surface area contributed by atoms with Crippen molar-refractivity contribution in [3.05, 3.63) is 167 Å². The molecule has 0 saturated heterocycles. The van der Waals surface area contributed by atoms with Gasteiger partial charge in [0, 0.05) is 30.2 Å². The van der Waals surface area contributed by atoms with E-state index in [1.54, 1.807) is 0 Å². The van der Waals surface area contributed by atoms with E-state index < -0.39 is 11.7 Å². The summed E-state index contributed by atoms with van der Waals surface area (Å²) in [6, 6.07) is 49.8. The van der Waals surface area contributed by atoms with E-state index in [-0.39, 0.29) is 16.2 Å². The Labute approximate surface area is 368 Å². The van der Waals surface area contributed by atoms with Gasteiger partial charge in [-0.1, -0.05) is 149 Å². The summed E-state index contributed by atoms with van der Waals surface area (Å²) in [5, 5.41) is 0. The summed E-state index contributed by atoms with van der Waals surface area (Å²) < 4.78 is 23.8. The molecular formula is C58H57N3O+2. The van der Waals surface area contributed by atoms with E-state index in [2.05, 4.69) is 216 Å². The van der Waals surface area contributed by atoms with Crippen LogP contribution in [-0.4, -0.2) is 4.57 Å². The number of aromatic nitrogens is 3. The molecule has 62 heavy (non-hydrogen) atoms. The first-order chi connectivity index (χ1) is 29.7. The molecule has 1 spiro atoms. The predicted molar refractivity (Wildman–Crippen MR) is 254 cm³/mol. The lowest BCUT2D eigenvalue weighted by Gasteiger charge is -2.33. The van der Waals surface area contributed by atoms with Crippen molar-refractivity contribution in [2.75, 3.05) is 0 Å². The predicted octanol–water partition coefficient (Wildman–Crippen LogP) is 13.8. The van der Waals surface area contributed by atoms with Crippen molar-refractivity contribution in [1.82, 2.24) is 4.57 Å². The van der Waals surface area contributed by atoms with Gasteiger partial charge >= 0.3 is 11.7 Å². The van der Waals surface area contributed by atoms with E-state index in [0.717, 1.165) is 56.2 Å². The number of hydrogen-bond acceptors (Lipinski definition) is 1. The molecule has 4 nitrogen and oxygen atoms in total. The molecule has 308 valence electrons. The summed E-state index contributed by atoms with van der Waals surface area (Å²) in [5.74, 6) is 0.224. The number of fused-ring (bicyclic) bond motifs is 5. The molecule has 0 aliphatic carbocycles. The first-order valence-corrected chi connectivity index (χ1v) is 22.3. The number of ether oxygens (including phenoxy) is 1. The molecule has 0 bridgehead atoms. The van der Waals surface area contributed by atoms with Gasteiger partial charge in [0.05, 0.1) is 5.56 Å². The molecule has 8 aromatic rings. The highest BCUT2D eigenvalue weighted by Gasteiger charge is 2.68. The molecule has 4 heteroatoms. The second-order valence-corrected chi connectivity index (χ2v) is 21.1. The molecule has 0 amide bonds. The molecule has 1 atom stereocenters. The van der Waals surface area contributed by atoms with Gasteiger partial charge < -0.3 is 4.74 Å². The number of nitrogens with zero attached hydrogens (tertiary/aromatic N) is 3. The maximum atomic E-state index is 8.64. The summed E-state index contributed by atoms with van der Waals surface area (Å²) in [4.78, 5) is 0. The number of imidazole rings is 1. The van der Waals surface area contributed by atoms with Gasteiger partial charge in [-0.2, -0.15) is 4.57 Å². The molecule has 3 aliphatic rings. The molecule has 6 aromatic carbocycles. The van der Waals surface area contributed by atoms with Gasteiger partial charge in [0.2, 0.25) is 5.69 Å². The van der Waals surface area contributed by atoms with Crippen LogP contribution in [0.3, 0.4) is 0 Å². The monoisotopic (exact) mass is 812 g/mol. The zero-order chi connectivity index (χ0) is 44.2. The number of pyridine rings is 1. The fourth-order valence-corrected chi connectivity index (χ4v) is 10.2. The average molecular weight is 813 g/mol. The van der Waals surface area contributed by atoms with Gasteiger partial charge in [0.15, 0.2) is 17.2 Å². The van der Waals surface area contributed by atoms with E-state index in [1.807, 2.05) is 13.8 Å². The number of para-hydroxylation sites is 2. The summed E-state index contributed by atoms with van der Waals surface area (Å²) >= 11 is 0. The van der Waals surface area contributed by atoms with E-state index in [1.165, 1.54) is 50.1 Å². The Bertz CT molecular complexity index is 3220. The molecule has 0 fully saturated rings. The third-order valence-electron chi connectivity index (χ3n) is 13.7. The molecule has 2 aromatic heterocycles. The zero-order valence-corrected chi connectivity index (χ0v) is 38.0. The fraction of sp³-hybridized carbons (Fsp3) is 0.276. The van der Waals surface area contributed by atoms with Crippen LogP contribution in [0.1, 0.15) is 111 Å². The van der Waals surface area contributed by atoms with Crippen LogP contribution in [-0.2, 0) is 22.1 Å². The second-order valence-electron chi connectivity index (χ2n) is 21.1. The summed E-state index contributed by atoms with van der Waals surface area (Å²) in [7, 11) is 0.